The molecule has 0 aromatic rings. The third-order valence-electron chi connectivity index (χ3n) is 2.67. The number of unbranched alkanes of at least 4 members (excludes halogenated alkanes) is 2. The van der Waals surface area contributed by atoms with E-state index in [9.17, 15) is 0 Å². The van der Waals surface area contributed by atoms with E-state index < -0.39 is 8.32 Å². The molecule has 2 heteroatoms. The number of rotatable bonds is 6. The second-order valence-electron chi connectivity index (χ2n) is 5.62. The molecule has 1 aliphatic rings. The summed E-state index contributed by atoms with van der Waals surface area (Å²) in [5.41, 5.74) is 0. The maximum absolute atomic E-state index is 6.02. The van der Waals surface area contributed by atoms with E-state index in [1.807, 2.05) is 0 Å². The average Bonchev–Trinajstić information content (AvgIpc) is 2.58. The summed E-state index contributed by atoms with van der Waals surface area (Å²) in [5, 5.41) is 0. The van der Waals surface area contributed by atoms with Crippen molar-refractivity contribution in [2.45, 2.75) is 58.7 Å². The van der Waals surface area contributed by atoms with Gasteiger partial charge in [-0.05, 0) is 44.5 Å². The van der Waals surface area contributed by atoms with E-state index >= 15 is 0 Å². The summed E-state index contributed by atoms with van der Waals surface area (Å²) in [4.78, 5) is 0. The quantitative estimate of drug-likeness (QED) is 0.364. The van der Waals surface area contributed by atoms with Crippen LogP contribution in [0.15, 0.2) is 24.0 Å². The van der Waals surface area contributed by atoms with Crippen LogP contribution in [0.3, 0.4) is 0 Å². The Morgan fingerprint density at radius 1 is 1.44 bits per heavy atom. The van der Waals surface area contributed by atoms with Crippen LogP contribution in [0.1, 0.15) is 39.0 Å². The molecule has 1 atom stereocenters. The number of hydrogen-bond donors (Lipinski definition) is 0. The van der Waals surface area contributed by atoms with Gasteiger partial charge in [-0.2, -0.15) is 0 Å². The van der Waals surface area contributed by atoms with Gasteiger partial charge in [0.15, 0.2) is 0 Å². The van der Waals surface area contributed by atoms with Crippen molar-refractivity contribution in [3.8, 4) is 0 Å². The summed E-state index contributed by atoms with van der Waals surface area (Å²) < 4.78 is 6.02. The van der Waals surface area contributed by atoms with Crippen LogP contribution in [0.2, 0.25) is 19.6 Å². The summed E-state index contributed by atoms with van der Waals surface area (Å²) in [5.74, 6) is 1.87. The van der Waals surface area contributed by atoms with Gasteiger partial charge in [0, 0.05) is 6.42 Å². The topological polar surface area (TPSA) is 9.23 Å². The van der Waals surface area contributed by atoms with Gasteiger partial charge < -0.3 is 4.43 Å². The van der Waals surface area contributed by atoms with Gasteiger partial charge in [-0.25, -0.2) is 0 Å². The van der Waals surface area contributed by atoms with Gasteiger partial charge in [-0.15, -0.1) is 0 Å². The van der Waals surface area contributed by atoms with Crippen molar-refractivity contribution in [2.24, 2.45) is 5.92 Å². The second kappa shape index (κ2) is 6.29. The minimum atomic E-state index is -1.39. The van der Waals surface area contributed by atoms with Gasteiger partial charge in [0.1, 0.15) is 0 Å². The van der Waals surface area contributed by atoms with Crippen LogP contribution >= 0.6 is 0 Å². The van der Waals surface area contributed by atoms with Crippen molar-refractivity contribution in [3.63, 3.8) is 0 Å². The van der Waals surface area contributed by atoms with Gasteiger partial charge in [0.2, 0.25) is 8.32 Å². The molecular formula is C14H26OSi. The van der Waals surface area contributed by atoms with E-state index in [4.69, 9.17) is 4.43 Å². The molecule has 1 rings (SSSR count). The Morgan fingerprint density at radius 3 is 2.81 bits per heavy atom. The Hall–Kier alpha value is -0.503. The predicted molar refractivity (Wildman–Crippen MR) is 73.9 cm³/mol. The molecule has 16 heavy (non-hydrogen) atoms. The Labute approximate surface area is 102 Å². The highest BCUT2D eigenvalue weighted by Crippen LogP contribution is 2.28. The summed E-state index contributed by atoms with van der Waals surface area (Å²) in [7, 11) is -1.39. The zero-order valence-electron chi connectivity index (χ0n) is 11.3. The highest BCUT2D eigenvalue weighted by molar-refractivity contribution is 6.70. The molecule has 0 saturated carbocycles. The molecule has 0 N–H and O–H groups in total. The van der Waals surface area contributed by atoms with Crippen LogP contribution in [-0.4, -0.2) is 8.32 Å². The first-order valence-electron chi connectivity index (χ1n) is 6.57. The third-order valence-corrected chi connectivity index (χ3v) is 3.54. The third kappa shape index (κ3) is 5.55. The summed E-state index contributed by atoms with van der Waals surface area (Å²) in [6.45, 7) is 8.98. The molecule has 0 aliphatic heterocycles. The summed E-state index contributed by atoms with van der Waals surface area (Å²) in [6.07, 6.45) is 13.2. The van der Waals surface area contributed by atoms with Crippen molar-refractivity contribution < 1.29 is 4.43 Å². The molecule has 1 aliphatic carbocycles. The van der Waals surface area contributed by atoms with E-state index in [1.165, 1.54) is 31.4 Å². The van der Waals surface area contributed by atoms with Gasteiger partial charge in [-0.1, -0.05) is 31.9 Å². The Morgan fingerprint density at radius 2 is 2.19 bits per heavy atom. The molecule has 0 amide bonds. The van der Waals surface area contributed by atoms with Gasteiger partial charge in [0.25, 0.3) is 0 Å². The zero-order chi connectivity index (χ0) is 12.0. The lowest BCUT2D eigenvalue weighted by molar-refractivity contribution is 0.407. The molecule has 1 nitrogen and oxygen atoms in total. The molecule has 92 valence electrons. The van der Waals surface area contributed by atoms with Crippen LogP contribution < -0.4 is 0 Å². The minimum absolute atomic E-state index is 0.628. The molecule has 0 fully saturated rings. The fraction of sp³-hybridized carbons (Fsp3) is 0.714. The van der Waals surface area contributed by atoms with Crippen LogP contribution in [0, 0.1) is 5.92 Å². The Bertz CT molecular complexity index is 260. The predicted octanol–water partition coefficient (Wildman–Crippen LogP) is 4.88. The molecule has 0 aromatic heterocycles. The monoisotopic (exact) mass is 238 g/mol. The van der Waals surface area contributed by atoms with Crippen molar-refractivity contribution in [3.05, 3.63) is 24.0 Å². The van der Waals surface area contributed by atoms with Crippen molar-refractivity contribution in [1.29, 1.82) is 0 Å². The molecule has 0 saturated heterocycles. The molecule has 0 radical (unpaired) electrons. The maximum atomic E-state index is 6.02. The lowest BCUT2D eigenvalue weighted by atomic mass is 10.1. The maximum Gasteiger partial charge on any atom is 0.241 e. The smallest absolute Gasteiger partial charge is 0.241 e. The van der Waals surface area contributed by atoms with Gasteiger partial charge >= 0.3 is 0 Å². The first-order chi connectivity index (χ1) is 7.51. The van der Waals surface area contributed by atoms with Crippen LogP contribution in [-0.2, 0) is 4.43 Å². The molecule has 0 heterocycles. The van der Waals surface area contributed by atoms with E-state index in [1.54, 1.807) is 0 Å². The molecule has 0 unspecified atom stereocenters. The highest BCUT2D eigenvalue weighted by Gasteiger charge is 2.21. The summed E-state index contributed by atoms with van der Waals surface area (Å²) >= 11 is 0. The average molecular weight is 238 g/mol. The Balaban J connectivity index is 2.34. The molecule has 0 spiro atoms. The largest absolute Gasteiger partial charge is 0.548 e. The van der Waals surface area contributed by atoms with Gasteiger partial charge in [0.05, 0.1) is 5.76 Å². The van der Waals surface area contributed by atoms with Crippen LogP contribution in [0.25, 0.3) is 0 Å². The fourth-order valence-corrected chi connectivity index (χ4v) is 2.89. The Kier molecular flexibility index (Phi) is 5.33. The standard InChI is InChI=1S/C14H26OSi/c1-5-6-7-8-9-13-10-11-14(12-13)15-16(2,3)4/h8-9,12-13H,5-7,10-11H2,1-4H3/b9-8+/t13-/m1/s1. The van der Waals surface area contributed by atoms with E-state index in [-0.39, 0.29) is 0 Å². The SMILES string of the molecule is CCCC/C=C/[C@H]1C=C(O[Si](C)(C)C)CC1. The number of hydrogen-bond acceptors (Lipinski definition) is 1. The second-order valence-corrected chi connectivity index (χ2v) is 10.0. The fourth-order valence-electron chi connectivity index (χ4n) is 1.94. The lowest BCUT2D eigenvalue weighted by Gasteiger charge is -2.19. The van der Waals surface area contributed by atoms with Crippen LogP contribution in [0.5, 0.6) is 0 Å². The summed E-state index contributed by atoms with van der Waals surface area (Å²) in [6, 6.07) is 0. The van der Waals surface area contributed by atoms with Crippen molar-refractivity contribution in [1.82, 2.24) is 0 Å². The van der Waals surface area contributed by atoms with Crippen molar-refractivity contribution in [2.75, 3.05) is 0 Å². The molecule has 0 aromatic carbocycles. The number of allylic oxidation sites excluding steroid dienone is 4. The first-order valence-corrected chi connectivity index (χ1v) is 9.98. The van der Waals surface area contributed by atoms with Crippen molar-refractivity contribution >= 4 is 8.32 Å². The van der Waals surface area contributed by atoms with Gasteiger partial charge in [-0.3, -0.25) is 0 Å². The zero-order valence-corrected chi connectivity index (χ0v) is 12.3. The minimum Gasteiger partial charge on any atom is -0.548 e. The van der Waals surface area contributed by atoms with Crippen LogP contribution in [0.4, 0.5) is 0 Å². The highest BCUT2D eigenvalue weighted by atomic mass is 28.4. The van der Waals surface area contributed by atoms with E-state index in [0.29, 0.717) is 5.92 Å². The first kappa shape index (κ1) is 13.6. The van der Waals surface area contributed by atoms with E-state index in [2.05, 4.69) is 44.8 Å². The van der Waals surface area contributed by atoms with E-state index in [0.717, 1.165) is 6.42 Å². The normalized spacial score (nSPS) is 21.5. The molecular weight excluding hydrogens is 212 g/mol. The molecule has 0 bridgehead atoms. The lowest BCUT2D eigenvalue weighted by Crippen LogP contribution is -2.24.